The zero-order valence-corrected chi connectivity index (χ0v) is 8.54. The second-order valence-corrected chi connectivity index (χ2v) is 3.07. The number of aliphatic hydroxyl groups is 1. The molecule has 1 aromatic rings. The Morgan fingerprint density at radius 2 is 2.31 bits per heavy atom. The number of carbonyl (C=O) groups is 2. The zero-order chi connectivity index (χ0) is 12.1. The summed E-state index contributed by atoms with van der Waals surface area (Å²) < 4.78 is 1.48. The van der Waals surface area contributed by atoms with Crippen molar-refractivity contribution in [1.82, 2.24) is 15.1 Å². The van der Waals surface area contributed by atoms with Crippen LogP contribution in [0.15, 0.2) is 12.4 Å². The average Bonchev–Trinajstić information content (AvgIpc) is 2.60. The first-order valence-corrected chi connectivity index (χ1v) is 4.42. The Labute approximate surface area is 90.9 Å². The summed E-state index contributed by atoms with van der Waals surface area (Å²) in [7, 11) is 1.68. The predicted octanol–water partition coefficient (Wildman–Crippen LogP) is -1.01. The van der Waals surface area contributed by atoms with Gasteiger partial charge in [0.05, 0.1) is 18.5 Å². The second kappa shape index (κ2) is 5.12. The maximum Gasteiger partial charge on any atom is 0.328 e. The van der Waals surface area contributed by atoms with Crippen molar-refractivity contribution in [2.45, 2.75) is 6.04 Å². The topological polar surface area (TPSA) is 116 Å². The minimum atomic E-state index is -1.32. The highest BCUT2D eigenvalue weighted by Crippen LogP contribution is 2.02. The van der Waals surface area contributed by atoms with E-state index in [9.17, 15) is 9.59 Å². The molecule has 1 unspecified atom stereocenters. The number of aromatic nitrogens is 2. The quantitative estimate of drug-likeness (QED) is 0.526. The van der Waals surface area contributed by atoms with Crippen molar-refractivity contribution >= 4 is 17.7 Å². The number of anilines is 1. The molecule has 8 heteroatoms. The molecule has 4 N–H and O–H groups in total. The molecule has 0 aliphatic rings. The van der Waals surface area contributed by atoms with Gasteiger partial charge < -0.3 is 20.8 Å². The van der Waals surface area contributed by atoms with E-state index in [1.165, 1.54) is 10.9 Å². The van der Waals surface area contributed by atoms with Gasteiger partial charge in [-0.3, -0.25) is 4.68 Å². The van der Waals surface area contributed by atoms with Crippen molar-refractivity contribution in [3.63, 3.8) is 0 Å². The monoisotopic (exact) mass is 228 g/mol. The summed E-state index contributed by atoms with van der Waals surface area (Å²) in [5.74, 6) is -1.30. The number of nitrogens with zero attached hydrogens (tertiary/aromatic N) is 2. The largest absolute Gasteiger partial charge is 0.480 e. The fourth-order valence-electron chi connectivity index (χ4n) is 0.997. The molecule has 88 valence electrons. The molecule has 16 heavy (non-hydrogen) atoms. The summed E-state index contributed by atoms with van der Waals surface area (Å²) in [4.78, 5) is 21.8. The van der Waals surface area contributed by atoms with Crippen molar-refractivity contribution in [3.8, 4) is 0 Å². The van der Waals surface area contributed by atoms with E-state index in [0.29, 0.717) is 5.69 Å². The first-order chi connectivity index (χ1) is 7.52. The van der Waals surface area contributed by atoms with Crippen LogP contribution in [0.5, 0.6) is 0 Å². The van der Waals surface area contributed by atoms with E-state index in [4.69, 9.17) is 10.2 Å². The Hall–Kier alpha value is -2.09. The molecule has 0 saturated heterocycles. The number of urea groups is 1. The third kappa shape index (κ3) is 3.24. The lowest BCUT2D eigenvalue weighted by Crippen LogP contribution is -2.45. The maximum absolute atomic E-state index is 11.3. The number of carboxylic acids is 1. The third-order valence-electron chi connectivity index (χ3n) is 1.75. The molecule has 0 aromatic carbocycles. The molecule has 0 spiro atoms. The fraction of sp³-hybridized carbons (Fsp3) is 0.375. The number of aryl methyl sites for hydroxylation is 1. The lowest BCUT2D eigenvalue weighted by atomic mass is 10.3. The number of rotatable bonds is 4. The van der Waals surface area contributed by atoms with E-state index in [2.05, 4.69) is 15.7 Å². The van der Waals surface area contributed by atoms with Gasteiger partial charge in [0.25, 0.3) is 0 Å². The van der Waals surface area contributed by atoms with Gasteiger partial charge in [-0.05, 0) is 0 Å². The molecule has 1 rings (SSSR count). The number of carboxylic acid groups (broad SMARTS) is 1. The first kappa shape index (κ1) is 12.0. The Bertz CT molecular complexity index is 389. The molecule has 0 fully saturated rings. The molecular formula is C8H12N4O4. The standard InChI is InChI=1S/C8H12N4O4/c1-12-3-5(2-9-12)10-8(16)11-6(4-13)7(14)15/h2-3,6,13H,4H2,1H3,(H,14,15)(H2,10,11,16). The predicted molar refractivity (Wildman–Crippen MR) is 53.9 cm³/mol. The molecule has 1 atom stereocenters. The molecule has 0 aliphatic heterocycles. The third-order valence-corrected chi connectivity index (χ3v) is 1.75. The lowest BCUT2D eigenvalue weighted by molar-refractivity contribution is -0.140. The van der Waals surface area contributed by atoms with Gasteiger partial charge in [-0.1, -0.05) is 0 Å². The van der Waals surface area contributed by atoms with Gasteiger partial charge >= 0.3 is 12.0 Å². The SMILES string of the molecule is Cn1cc(NC(=O)NC(CO)C(=O)O)cn1. The summed E-state index contributed by atoms with van der Waals surface area (Å²) >= 11 is 0. The van der Waals surface area contributed by atoms with Crippen LogP contribution in [0, 0.1) is 0 Å². The van der Waals surface area contributed by atoms with Gasteiger partial charge in [0, 0.05) is 13.2 Å². The lowest BCUT2D eigenvalue weighted by Gasteiger charge is -2.11. The number of aliphatic carboxylic acids is 1. The number of aliphatic hydroxyl groups excluding tert-OH is 1. The highest BCUT2D eigenvalue weighted by molar-refractivity contribution is 5.92. The molecule has 2 amide bonds. The van der Waals surface area contributed by atoms with Crippen LogP contribution >= 0.6 is 0 Å². The van der Waals surface area contributed by atoms with Crippen molar-refractivity contribution in [3.05, 3.63) is 12.4 Å². The maximum atomic E-state index is 11.3. The minimum absolute atomic E-state index is 0.432. The van der Waals surface area contributed by atoms with E-state index < -0.39 is 24.6 Å². The number of hydrogen-bond donors (Lipinski definition) is 4. The van der Waals surface area contributed by atoms with E-state index in [1.807, 2.05) is 0 Å². The Morgan fingerprint density at radius 1 is 1.62 bits per heavy atom. The van der Waals surface area contributed by atoms with E-state index >= 15 is 0 Å². The zero-order valence-electron chi connectivity index (χ0n) is 8.54. The Kier molecular flexibility index (Phi) is 3.84. The highest BCUT2D eigenvalue weighted by atomic mass is 16.4. The Balaban J connectivity index is 2.50. The smallest absolute Gasteiger partial charge is 0.328 e. The van der Waals surface area contributed by atoms with Crippen LogP contribution in [-0.2, 0) is 11.8 Å². The van der Waals surface area contributed by atoms with Crippen LogP contribution in [0.3, 0.4) is 0 Å². The summed E-state index contributed by atoms with van der Waals surface area (Å²) in [6, 6.07) is -2.04. The molecule has 0 bridgehead atoms. The van der Waals surface area contributed by atoms with E-state index in [1.54, 1.807) is 13.2 Å². The second-order valence-electron chi connectivity index (χ2n) is 3.07. The van der Waals surface area contributed by atoms with Crippen LogP contribution in [0.2, 0.25) is 0 Å². The number of carbonyl (C=O) groups excluding carboxylic acids is 1. The summed E-state index contributed by atoms with van der Waals surface area (Å²) in [6.07, 6.45) is 2.96. The Morgan fingerprint density at radius 3 is 2.75 bits per heavy atom. The molecular weight excluding hydrogens is 216 g/mol. The van der Waals surface area contributed by atoms with Gasteiger partial charge in [0.1, 0.15) is 0 Å². The van der Waals surface area contributed by atoms with Crippen molar-refractivity contribution in [2.75, 3.05) is 11.9 Å². The van der Waals surface area contributed by atoms with Crippen LogP contribution in [0.4, 0.5) is 10.5 Å². The summed E-state index contributed by atoms with van der Waals surface area (Å²) in [5.41, 5.74) is 0.432. The fourth-order valence-corrected chi connectivity index (χ4v) is 0.997. The van der Waals surface area contributed by atoms with Crippen molar-refractivity contribution in [1.29, 1.82) is 0 Å². The van der Waals surface area contributed by atoms with E-state index in [0.717, 1.165) is 0 Å². The van der Waals surface area contributed by atoms with Crippen molar-refractivity contribution < 1.29 is 19.8 Å². The van der Waals surface area contributed by atoms with Crippen LogP contribution in [-0.4, -0.2) is 44.6 Å². The van der Waals surface area contributed by atoms with Gasteiger partial charge in [0.15, 0.2) is 6.04 Å². The molecule has 1 heterocycles. The van der Waals surface area contributed by atoms with Gasteiger partial charge in [-0.15, -0.1) is 0 Å². The van der Waals surface area contributed by atoms with Gasteiger partial charge in [-0.25, -0.2) is 9.59 Å². The molecule has 1 aromatic heterocycles. The van der Waals surface area contributed by atoms with E-state index in [-0.39, 0.29) is 0 Å². The molecule has 8 nitrogen and oxygen atoms in total. The average molecular weight is 228 g/mol. The molecule has 0 aliphatic carbocycles. The summed E-state index contributed by atoms with van der Waals surface area (Å²) in [6.45, 7) is -0.671. The number of hydrogen-bond acceptors (Lipinski definition) is 4. The minimum Gasteiger partial charge on any atom is -0.480 e. The molecule has 0 radical (unpaired) electrons. The normalized spacial score (nSPS) is 11.9. The van der Waals surface area contributed by atoms with Gasteiger partial charge in [0.2, 0.25) is 0 Å². The summed E-state index contributed by atoms with van der Waals surface area (Å²) in [5, 5.41) is 25.5. The number of nitrogens with one attached hydrogen (secondary N) is 2. The number of amides is 2. The van der Waals surface area contributed by atoms with Gasteiger partial charge in [-0.2, -0.15) is 5.10 Å². The van der Waals surface area contributed by atoms with Crippen LogP contribution in [0.25, 0.3) is 0 Å². The first-order valence-electron chi connectivity index (χ1n) is 4.42. The van der Waals surface area contributed by atoms with Crippen LogP contribution < -0.4 is 10.6 Å². The van der Waals surface area contributed by atoms with Crippen LogP contribution in [0.1, 0.15) is 0 Å². The molecule has 0 saturated carbocycles. The van der Waals surface area contributed by atoms with Crippen molar-refractivity contribution in [2.24, 2.45) is 7.05 Å². The highest BCUT2D eigenvalue weighted by Gasteiger charge is 2.18.